The average Bonchev–Trinajstić information content (AvgIpc) is 2.30. The van der Waals surface area contributed by atoms with Gasteiger partial charge in [0.1, 0.15) is 0 Å². The Morgan fingerprint density at radius 3 is 2.94 bits per heavy atom. The maximum Gasteiger partial charge on any atom is 0.251 e. The molecule has 2 aromatic rings. The zero-order chi connectivity index (χ0) is 11.7. The lowest BCUT2D eigenvalue weighted by Crippen LogP contribution is -2.12. The highest BCUT2D eigenvalue weighted by atomic mass is 35.5. The van der Waals surface area contributed by atoms with Gasteiger partial charge < -0.3 is 4.98 Å². The number of aromatic amines is 1. The SMILES string of the molecule is CCc1cc2cnc(CCl)c(F)c2[nH]c1=O. The van der Waals surface area contributed by atoms with Gasteiger partial charge in [0.15, 0.2) is 5.82 Å². The summed E-state index contributed by atoms with van der Waals surface area (Å²) in [5, 5.41) is 0.586. The van der Waals surface area contributed by atoms with Crippen molar-refractivity contribution in [3.05, 3.63) is 39.7 Å². The lowest BCUT2D eigenvalue weighted by molar-refractivity contribution is 0.617. The van der Waals surface area contributed by atoms with Crippen molar-refractivity contribution < 1.29 is 4.39 Å². The Hall–Kier alpha value is -1.42. The highest BCUT2D eigenvalue weighted by Gasteiger charge is 2.10. The normalized spacial score (nSPS) is 10.9. The molecule has 2 aromatic heterocycles. The minimum absolute atomic E-state index is 0.0146. The van der Waals surface area contributed by atoms with Crippen LogP contribution in [0.1, 0.15) is 18.2 Å². The van der Waals surface area contributed by atoms with E-state index >= 15 is 0 Å². The fourth-order valence-corrected chi connectivity index (χ4v) is 1.77. The second-order valence-corrected chi connectivity index (χ2v) is 3.73. The van der Waals surface area contributed by atoms with Crippen LogP contribution in [0.4, 0.5) is 4.39 Å². The van der Waals surface area contributed by atoms with Crippen LogP contribution in [-0.4, -0.2) is 9.97 Å². The van der Waals surface area contributed by atoms with Gasteiger partial charge >= 0.3 is 0 Å². The molecule has 0 aliphatic rings. The van der Waals surface area contributed by atoms with Crippen LogP contribution in [0.15, 0.2) is 17.1 Å². The molecule has 84 valence electrons. The van der Waals surface area contributed by atoms with Crippen LogP contribution < -0.4 is 5.56 Å². The van der Waals surface area contributed by atoms with E-state index in [1.807, 2.05) is 6.92 Å². The number of fused-ring (bicyclic) bond motifs is 1. The van der Waals surface area contributed by atoms with Crippen LogP contribution in [0.25, 0.3) is 10.9 Å². The Morgan fingerprint density at radius 2 is 2.31 bits per heavy atom. The van der Waals surface area contributed by atoms with Gasteiger partial charge in [0.25, 0.3) is 5.56 Å². The smallest absolute Gasteiger partial charge is 0.251 e. The lowest BCUT2D eigenvalue weighted by atomic mass is 10.1. The van der Waals surface area contributed by atoms with Gasteiger partial charge in [-0.1, -0.05) is 6.92 Å². The van der Waals surface area contributed by atoms with Gasteiger partial charge in [0, 0.05) is 17.1 Å². The Balaban J connectivity index is 2.81. The summed E-state index contributed by atoms with van der Waals surface area (Å²) in [4.78, 5) is 18.0. The van der Waals surface area contributed by atoms with E-state index < -0.39 is 5.82 Å². The van der Waals surface area contributed by atoms with Crippen LogP contribution in [0, 0.1) is 5.82 Å². The molecule has 0 atom stereocenters. The number of halogens is 2. The fraction of sp³-hybridized carbons (Fsp3) is 0.273. The van der Waals surface area contributed by atoms with Crippen molar-refractivity contribution in [1.82, 2.24) is 9.97 Å². The van der Waals surface area contributed by atoms with Gasteiger partial charge in [-0.2, -0.15) is 0 Å². The lowest BCUT2D eigenvalue weighted by Gasteiger charge is -2.04. The number of nitrogens with zero attached hydrogens (tertiary/aromatic N) is 1. The van der Waals surface area contributed by atoms with Crippen molar-refractivity contribution in [2.45, 2.75) is 19.2 Å². The number of hydrogen-bond acceptors (Lipinski definition) is 2. The third kappa shape index (κ3) is 1.69. The van der Waals surface area contributed by atoms with E-state index in [0.717, 1.165) is 0 Å². The molecule has 16 heavy (non-hydrogen) atoms. The van der Waals surface area contributed by atoms with E-state index in [-0.39, 0.29) is 22.6 Å². The van der Waals surface area contributed by atoms with Crippen molar-refractivity contribution in [1.29, 1.82) is 0 Å². The highest BCUT2D eigenvalue weighted by molar-refractivity contribution is 6.17. The average molecular weight is 241 g/mol. The Bertz CT molecular complexity index is 594. The summed E-state index contributed by atoms with van der Waals surface area (Å²) in [6, 6.07) is 1.66. The van der Waals surface area contributed by atoms with E-state index in [1.54, 1.807) is 6.07 Å². The third-order valence-corrected chi connectivity index (χ3v) is 2.74. The van der Waals surface area contributed by atoms with Gasteiger partial charge in [-0.15, -0.1) is 11.6 Å². The first-order valence-corrected chi connectivity index (χ1v) is 5.46. The summed E-state index contributed by atoms with van der Waals surface area (Å²) in [6.07, 6.45) is 2.12. The number of nitrogens with one attached hydrogen (secondary N) is 1. The Kier molecular flexibility index (Phi) is 2.92. The molecule has 0 aliphatic carbocycles. The number of hydrogen-bond donors (Lipinski definition) is 1. The highest BCUT2D eigenvalue weighted by Crippen LogP contribution is 2.17. The summed E-state index contributed by atoms with van der Waals surface area (Å²) in [7, 11) is 0. The number of aryl methyl sites for hydroxylation is 1. The van der Waals surface area contributed by atoms with E-state index in [0.29, 0.717) is 17.4 Å². The largest absolute Gasteiger partial charge is 0.319 e. The quantitative estimate of drug-likeness (QED) is 0.819. The Morgan fingerprint density at radius 1 is 1.56 bits per heavy atom. The topological polar surface area (TPSA) is 45.8 Å². The summed E-state index contributed by atoms with van der Waals surface area (Å²) in [5.41, 5.74) is 0.676. The van der Waals surface area contributed by atoms with Crippen LogP contribution in [0.5, 0.6) is 0 Å². The molecule has 2 heterocycles. The first-order valence-electron chi connectivity index (χ1n) is 4.92. The molecule has 3 nitrogen and oxygen atoms in total. The molecule has 1 N–H and O–H groups in total. The number of aromatic nitrogens is 2. The molecule has 0 bridgehead atoms. The van der Waals surface area contributed by atoms with Crippen molar-refractivity contribution in [2.75, 3.05) is 0 Å². The summed E-state index contributed by atoms with van der Waals surface area (Å²) in [6.45, 7) is 1.87. The molecule has 0 saturated heterocycles. The van der Waals surface area contributed by atoms with Gasteiger partial charge in [-0.3, -0.25) is 9.78 Å². The zero-order valence-corrected chi connectivity index (χ0v) is 9.44. The first-order chi connectivity index (χ1) is 7.67. The van der Waals surface area contributed by atoms with Crippen LogP contribution in [0.3, 0.4) is 0 Å². The maximum absolute atomic E-state index is 13.8. The van der Waals surface area contributed by atoms with Gasteiger partial charge in [-0.05, 0) is 12.5 Å². The number of pyridine rings is 2. The van der Waals surface area contributed by atoms with Crippen molar-refractivity contribution in [3.63, 3.8) is 0 Å². The summed E-state index contributed by atoms with van der Waals surface area (Å²) < 4.78 is 13.8. The van der Waals surface area contributed by atoms with Gasteiger partial charge in [0.05, 0.1) is 17.1 Å². The zero-order valence-electron chi connectivity index (χ0n) is 8.68. The maximum atomic E-state index is 13.8. The van der Waals surface area contributed by atoms with Crippen molar-refractivity contribution >= 4 is 22.5 Å². The molecule has 0 unspecified atom stereocenters. The van der Waals surface area contributed by atoms with Crippen LogP contribution in [-0.2, 0) is 12.3 Å². The molecule has 0 radical (unpaired) electrons. The van der Waals surface area contributed by atoms with Gasteiger partial charge in [0.2, 0.25) is 0 Å². The standard InChI is InChI=1S/C11H10ClFN2O/c1-2-6-3-7-5-14-8(4-12)9(13)10(7)15-11(6)16/h3,5H,2,4H2,1H3,(H,15,16). The molecule has 2 rings (SSSR count). The second kappa shape index (κ2) is 4.22. The minimum atomic E-state index is -0.549. The monoisotopic (exact) mass is 240 g/mol. The molecule has 5 heteroatoms. The number of alkyl halides is 1. The molecule has 0 aromatic carbocycles. The molecule has 0 spiro atoms. The molecule has 0 saturated carbocycles. The van der Waals surface area contributed by atoms with Gasteiger partial charge in [-0.25, -0.2) is 4.39 Å². The Labute approximate surface area is 96.3 Å². The third-order valence-electron chi connectivity index (χ3n) is 2.49. The summed E-state index contributed by atoms with van der Waals surface area (Å²) in [5.74, 6) is -0.563. The molecule has 0 amide bonds. The van der Waals surface area contributed by atoms with Crippen molar-refractivity contribution in [2.24, 2.45) is 0 Å². The summed E-state index contributed by atoms with van der Waals surface area (Å²) >= 11 is 5.54. The van der Waals surface area contributed by atoms with Crippen molar-refractivity contribution in [3.8, 4) is 0 Å². The van der Waals surface area contributed by atoms with Crippen LogP contribution in [0.2, 0.25) is 0 Å². The molecular weight excluding hydrogens is 231 g/mol. The van der Waals surface area contributed by atoms with E-state index in [9.17, 15) is 9.18 Å². The minimum Gasteiger partial charge on any atom is -0.319 e. The first kappa shape index (κ1) is 11.1. The van der Waals surface area contributed by atoms with E-state index in [2.05, 4.69) is 9.97 Å². The van der Waals surface area contributed by atoms with E-state index in [1.165, 1.54) is 6.20 Å². The molecule has 0 fully saturated rings. The number of H-pyrrole nitrogens is 1. The second-order valence-electron chi connectivity index (χ2n) is 3.46. The predicted molar refractivity (Wildman–Crippen MR) is 61.3 cm³/mol. The molecular formula is C11H10ClFN2O. The predicted octanol–water partition coefficient (Wildman–Crippen LogP) is 2.36. The van der Waals surface area contributed by atoms with E-state index in [4.69, 9.17) is 11.6 Å². The molecule has 0 aliphatic heterocycles. The fourth-order valence-electron chi connectivity index (χ4n) is 1.58. The number of rotatable bonds is 2. The van der Waals surface area contributed by atoms with Crippen LogP contribution >= 0.6 is 11.6 Å².